The van der Waals surface area contributed by atoms with E-state index in [2.05, 4.69) is 6.07 Å². The van der Waals surface area contributed by atoms with Crippen molar-refractivity contribution in [3.63, 3.8) is 0 Å². The first-order valence-corrected chi connectivity index (χ1v) is 3.98. The normalized spacial score (nSPS) is 15.5. The van der Waals surface area contributed by atoms with Gasteiger partial charge in [-0.2, -0.15) is 5.26 Å². The van der Waals surface area contributed by atoms with Crippen LogP contribution in [0.1, 0.15) is 33.6 Å². The fraction of sp³-hybridized carbons (Fsp3) is 0.778. The minimum absolute atomic E-state index is 0.403. The molecule has 0 saturated carbocycles. The first-order valence-electron chi connectivity index (χ1n) is 3.98. The van der Waals surface area contributed by atoms with Crippen LogP contribution in [-0.2, 0) is 4.79 Å². The summed E-state index contributed by atoms with van der Waals surface area (Å²) in [5, 5.41) is 8.74. The highest BCUT2D eigenvalue weighted by Crippen LogP contribution is 2.26. The van der Waals surface area contributed by atoms with Crippen LogP contribution in [-0.4, -0.2) is 6.29 Å². The molecule has 0 bridgehead atoms. The van der Waals surface area contributed by atoms with Crippen molar-refractivity contribution < 1.29 is 4.79 Å². The van der Waals surface area contributed by atoms with Gasteiger partial charge in [0.2, 0.25) is 0 Å². The molecule has 0 aromatic carbocycles. The van der Waals surface area contributed by atoms with Crippen LogP contribution in [0.5, 0.6) is 0 Å². The van der Waals surface area contributed by atoms with Gasteiger partial charge < -0.3 is 4.79 Å². The molecular weight excluding hydrogens is 138 g/mol. The lowest BCUT2D eigenvalue weighted by molar-refractivity contribution is -0.114. The van der Waals surface area contributed by atoms with Crippen LogP contribution in [0.4, 0.5) is 0 Å². The van der Waals surface area contributed by atoms with Gasteiger partial charge in [-0.1, -0.05) is 20.8 Å². The van der Waals surface area contributed by atoms with Gasteiger partial charge in [-0.15, -0.1) is 0 Å². The Balaban J connectivity index is 4.32. The van der Waals surface area contributed by atoms with Crippen LogP contribution in [0.25, 0.3) is 0 Å². The third-order valence-corrected chi connectivity index (χ3v) is 1.85. The average molecular weight is 153 g/mol. The Morgan fingerprint density at radius 2 is 2.18 bits per heavy atom. The number of nitriles is 1. The van der Waals surface area contributed by atoms with Gasteiger partial charge in [0.05, 0.1) is 6.07 Å². The maximum atomic E-state index is 10.6. The lowest BCUT2D eigenvalue weighted by Crippen LogP contribution is -2.21. The molecule has 0 aliphatic rings. The molecule has 0 amide bonds. The summed E-state index contributed by atoms with van der Waals surface area (Å²) in [7, 11) is 0. The fourth-order valence-corrected chi connectivity index (χ4v) is 1.16. The molecule has 0 saturated heterocycles. The van der Waals surface area contributed by atoms with E-state index in [1.807, 2.05) is 20.8 Å². The van der Waals surface area contributed by atoms with E-state index < -0.39 is 5.41 Å². The minimum atomic E-state index is -0.728. The molecule has 0 aromatic rings. The van der Waals surface area contributed by atoms with Gasteiger partial charge >= 0.3 is 0 Å². The zero-order chi connectivity index (χ0) is 8.91. The maximum absolute atomic E-state index is 10.6. The summed E-state index contributed by atoms with van der Waals surface area (Å²) < 4.78 is 0. The third kappa shape index (κ3) is 2.71. The number of hydrogen-bond donors (Lipinski definition) is 0. The van der Waals surface area contributed by atoms with Crippen LogP contribution >= 0.6 is 0 Å². The Labute approximate surface area is 68.2 Å². The maximum Gasteiger partial charge on any atom is 0.140 e. The first kappa shape index (κ1) is 10.2. The summed E-state index contributed by atoms with van der Waals surface area (Å²) in [6.07, 6.45) is 2.07. The summed E-state index contributed by atoms with van der Waals surface area (Å²) in [6.45, 7) is 5.91. The number of nitrogens with zero attached hydrogens (tertiary/aromatic N) is 1. The van der Waals surface area contributed by atoms with Crippen molar-refractivity contribution in [1.82, 2.24) is 0 Å². The highest BCUT2D eigenvalue weighted by molar-refractivity contribution is 5.63. The van der Waals surface area contributed by atoms with Crippen LogP contribution in [0, 0.1) is 22.7 Å². The zero-order valence-electron chi connectivity index (χ0n) is 7.42. The van der Waals surface area contributed by atoms with Crippen molar-refractivity contribution in [2.45, 2.75) is 33.6 Å². The van der Waals surface area contributed by atoms with Crippen molar-refractivity contribution in [2.75, 3.05) is 0 Å². The Morgan fingerprint density at radius 1 is 1.64 bits per heavy atom. The Morgan fingerprint density at radius 3 is 2.27 bits per heavy atom. The molecule has 0 fully saturated rings. The molecule has 62 valence electrons. The summed E-state index contributed by atoms with van der Waals surface area (Å²) in [4.78, 5) is 10.6. The molecule has 0 rings (SSSR count). The van der Waals surface area contributed by atoms with Gasteiger partial charge in [0.15, 0.2) is 0 Å². The number of aldehydes is 1. The quantitative estimate of drug-likeness (QED) is 0.580. The average Bonchev–Trinajstić information content (AvgIpc) is 2.00. The van der Waals surface area contributed by atoms with Gasteiger partial charge in [-0.25, -0.2) is 0 Å². The van der Waals surface area contributed by atoms with Gasteiger partial charge in [0.1, 0.15) is 11.7 Å². The summed E-state index contributed by atoms with van der Waals surface area (Å²) in [5.74, 6) is 0.403. The molecule has 1 atom stereocenters. The van der Waals surface area contributed by atoms with Crippen molar-refractivity contribution in [3.8, 4) is 6.07 Å². The second kappa shape index (κ2) is 4.12. The van der Waals surface area contributed by atoms with Crippen molar-refractivity contribution >= 4 is 6.29 Å². The molecule has 2 heteroatoms. The molecule has 0 aliphatic heterocycles. The second-order valence-corrected chi connectivity index (χ2v) is 3.34. The third-order valence-electron chi connectivity index (χ3n) is 1.85. The Kier molecular flexibility index (Phi) is 3.81. The lowest BCUT2D eigenvalue weighted by atomic mass is 9.81. The first-order chi connectivity index (χ1) is 5.10. The van der Waals surface area contributed by atoms with Gasteiger partial charge in [0.25, 0.3) is 0 Å². The highest BCUT2D eigenvalue weighted by Gasteiger charge is 2.27. The van der Waals surface area contributed by atoms with E-state index in [1.165, 1.54) is 0 Å². The van der Waals surface area contributed by atoms with E-state index in [4.69, 9.17) is 5.26 Å². The molecular formula is C9H15NO. The molecule has 0 aliphatic carbocycles. The number of hydrogen-bond acceptors (Lipinski definition) is 2. The van der Waals surface area contributed by atoms with E-state index in [9.17, 15) is 4.79 Å². The molecule has 0 heterocycles. The fourth-order valence-electron chi connectivity index (χ4n) is 1.16. The molecule has 1 unspecified atom stereocenters. The standard InChI is InChI=1S/C9H15NO/c1-4-9(6-10,7-11)5-8(2)3/h7-8H,4-5H2,1-3H3. The van der Waals surface area contributed by atoms with Crippen molar-refractivity contribution in [2.24, 2.45) is 11.3 Å². The van der Waals surface area contributed by atoms with Gasteiger partial charge in [0, 0.05) is 0 Å². The summed E-state index contributed by atoms with van der Waals surface area (Å²) in [5.41, 5.74) is -0.728. The largest absolute Gasteiger partial charge is 0.302 e. The number of carbonyl (C=O) groups excluding carboxylic acids is 1. The molecule has 0 spiro atoms. The monoisotopic (exact) mass is 153 g/mol. The van der Waals surface area contributed by atoms with E-state index in [0.717, 1.165) is 6.29 Å². The predicted molar refractivity (Wildman–Crippen MR) is 43.9 cm³/mol. The molecule has 0 N–H and O–H groups in total. The van der Waals surface area contributed by atoms with Crippen molar-refractivity contribution in [1.29, 1.82) is 5.26 Å². The Hall–Kier alpha value is -0.840. The van der Waals surface area contributed by atoms with E-state index >= 15 is 0 Å². The van der Waals surface area contributed by atoms with Crippen LogP contribution in [0.15, 0.2) is 0 Å². The van der Waals surface area contributed by atoms with E-state index in [1.54, 1.807) is 0 Å². The SMILES string of the molecule is CCC(C#N)(C=O)CC(C)C. The smallest absolute Gasteiger partial charge is 0.140 e. The van der Waals surface area contributed by atoms with E-state index in [0.29, 0.717) is 18.8 Å². The predicted octanol–water partition coefficient (Wildman–Crippen LogP) is 2.15. The van der Waals surface area contributed by atoms with Crippen LogP contribution in [0.3, 0.4) is 0 Å². The van der Waals surface area contributed by atoms with E-state index in [-0.39, 0.29) is 0 Å². The lowest BCUT2D eigenvalue weighted by Gasteiger charge is -2.19. The highest BCUT2D eigenvalue weighted by atomic mass is 16.1. The molecule has 11 heavy (non-hydrogen) atoms. The molecule has 0 aromatic heterocycles. The summed E-state index contributed by atoms with van der Waals surface area (Å²) >= 11 is 0. The summed E-state index contributed by atoms with van der Waals surface area (Å²) in [6, 6.07) is 2.08. The van der Waals surface area contributed by atoms with Crippen LogP contribution < -0.4 is 0 Å². The molecule has 0 radical (unpaired) electrons. The number of carbonyl (C=O) groups is 1. The molecule has 2 nitrogen and oxygen atoms in total. The van der Waals surface area contributed by atoms with Crippen molar-refractivity contribution in [3.05, 3.63) is 0 Å². The zero-order valence-corrected chi connectivity index (χ0v) is 7.42. The van der Waals surface area contributed by atoms with Crippen LogP contribution in [0.2, 0.25) is 0 Å². The second-order valence-electron chi connectivity index (χ2n) is 3.34. The van der Waals surface area contributed by atoms with Gasteiger partial charge in [-0.05, 0) is 18.8 Å². The Bertz CT molecular complexity index is 169. The van der Waals surface area contributed by atoms with Gasteiger partial charge in [-0.3, -0.25) is 0 Å². The minimum Gasteiger partial charge on any atom is -0.302 e. The topological polar surface area (TPSA) is 40.9 Å². The number of rotatable bonds is 4.